The first kappa shape index (κ1) is 26.0. The number of hydrogen-bond acceptors (Lipinski definition) is 7. The Morgan fingerprint density at radius 2 is 1.97 bits per heavy atom. The van der Waals surface area contributed by atoms with E-state index in [1.807, 2.05) is 33.8 Å². The second-order valence-corrected chi connectivity index (χ2v) is 8.91. The number of hydroxylamine groups is 1. The van der Waals surface area contributed by atoms with Crippen LogP contribution in [0.25, 0.3) is 5.52 Å². The quantitative estimate of drug-likeness (QED) is 0.267. The second kappa shape index (κ2) is 11.7. The van der Waals surface area contributed by atoms with Crippen molar-refractivity contribution in [2.45, 2.75) is 52.6 Å². The molecule has 35 heavy (non-hydrogen) atoms. The number of nitrogens with one attached hydrogen (secondary N) is 2. The minimum absolute atomic E-state index is 0.343. The number of carbonyl (C=O) groups is 1. The first-order valence-electron chi connectivity index (χ1n) is 11.9. The maximum atomic E-state index is 12.6. The van der Waals surface area contributed by atoms with Gasteiger partial charge < -0.3 is 15.8 Å². The van der Waals surface area contributed by atoms with Gasteiger partial charge in [-0.25, -0.2) is 10.00 Å². The summed E-state index contributed by atoms with van der Waals surface area (Å²) < 4.78 is 7.20. The zero-order valence-corrected chi connectivity index (χ0v) is 20.9. The molecule has 0 saturated heterocycles. The molecule has 0 aliphatic rings. The standard InChI is InChI=1S/C26H34N6O3/c1-5-34-20-10-8-19(9-11-20)25(33)31-35-26(3,4)16-23-18(2)24(29-14-7-6-13-27)21(17-28)22-12-15-30-32(22)23/h8-12,15,29H,5-7,13-14,16,27H2,1-4H3,(H,31,33). The molecule has 3 aromatic rings. The molecule has 3 rings (SSSR count). The Hall–Kier alpha value is -3.61. The summed E-state index contributed by atoms with van der Waals surface area (Å²) in [5.74, 6) is 0.362. The molecule has 2 aromatic heterocycles. The SMILES string of the molecule is CCOc1ccc(C(=O)NOC(C)(C)Cc2c(C)c(NCCCCN)c(C#N)c3ccnn23)cc1. The topological polar surface area (TPSA) is 127 Å². The number of nitrogens with zero attached hydrogens (tertiary/aromatic N) is 3. The number of unbranched alkanes of at least 4 members (excludes halogenated alkanes) is 1. The first-order chi connectivity index (χ1) is 16.8. The molecule has 0 aliphatic heterocycles. The minimum Gasteiger partial charge on any atom is -0.494 e. The molecule has 4 N–H and O–H groups in total. The van der Waals surface area contributed by atoms with Crippen LogP contribution in [0.5, 0.6) is 5.75 Å². The number of carbonyl (C=O) groups excluding carboxylic acids is 1. The van der Waals surface area contributed by atoms with E-state index in [1.165, 1.54) is 0 Å². The summed E-state index contributed by atoms with van der Waals surface area (Å²) in [6, 6.07) is 11.0. The van der Waals surface area contributed by atoms with E-state index in [-0.39, 0.29) is 5.91 Å². The lowest BCUT2D eigenvalue weighted by Crippen LogP contribution is -2.38. The van der Waals surface area contributed by atoms with Crippen LogP contribution in [0.4, 0.5) is 5.69 Å². The van der Waals surface area contributed by atoms with Crippen molar-refractivity contribution in [3.8, 4) is 11.8 Å². The number of ether oxygens (including phenoxy) is 1. The van der Waals surface area contributed by atoms with Crippen molar-refractivity contribution >= 4 is 17.1 Å². The van der Waals surface area contributed by atoms with E-state index in [1.54, 1.807) is 35.0 Å². The van der Waals surface area contributed by atoms with Crippen molar-refractivity contribution in [2.75, 3.05) is 25.0 Å². The summed E-state index contributed by atoms with van der Waals surface area (Å²) in [6.45, 7) is 9.58. The van der Waals surface area contributed by atoms with Crippen LogP contribution in [0.3, 0.4) is 0 Å². The third kappa shape index (κ3) is 6.29. The predicted octanol–water partition coefficient (Wildman–Crippen LogP) is 3.75. The number of benzene rings is 1. The van der Waals surface area contributed by atoms with Gasteiger partial charge in [-0.3, -0.25) is 9.63 Å². The van der Waals surface area contributed by atoms with Crippen molar-refractivity contribution in [1.29, 1.82) is 5.26 Å². The number of pyridine rings is 1. The molecule has 186 valence electrons. The molecule has 0 unspecified atom stereocenters. The van der Waals surface area contributed by atoms with Gasteiger partial charge in [0.15, 0.2) is 0 Å². The van der Waals surface area contributed by atoms with E-state index in [0.29, 0.717) is 43.0 Å². The summed E-state index contributed by atoms with van der Waals surface area (Å²) >= 11 is 0. The highest BCUT2D eigenvalue weighted by atomic mass is 16.7. The zero-order valence-electron chi connectivity index (χ0n) is 20.9. The molecular weight excluding hydrogens is 444 g/mol. The largest absolute Gasteiger partial charge is 0.494 e. The smallest absolute Gasteiger partial charge is 0.274 e. The Kier molecular flexibility index (Phi) is 8.68. The highest BCUT2D eigenvalue weighted by molar-refractivity contribution is 5.93. The number of fused-ring (bicyclic) bond motifs is 1. The fraction of sp³-hybridized carbons (Fsp3) is 0.423. The van der Waals surface area contributed by atoms with Crippen molar-refractivity contribution in [3.63, 3.8) is 0 Å². The van der Waals surface area contributed by atoms with Crippen LogP contribution in [0.1, 0.15) is 60.8 Å². The lowest BCUT2D eigenvalue weighted by molar-refractivity contribution is -0.0705. The van der Waals surface area contributed by atoms with Gasteiger partial charge in [-0.2, -0.15) is 10.4 Å². The van der Waals surface area contributed by atoms with Crippen LogP contribution in [0, 0.1) is 18.3 Å². The van der Waals surface area contributed by atoms with Gasteiger partial charge in [-0.15, -0.1) is 0 Å². The first-order valence-corrected chi connectivity index (χ1v) is 11.9. The number of anilines is 1. The lowest BCUT2D eigenvalue weighted by Gasteiger charge is -2.27. The molecule has 1 aromatic carbocycles. The summed E-state index contributed by atoms with van der Waals surface area (Å²) in [6.07, 6.45) is 3.94. The Morgan fingerprint density at radius 3 is 2.63 bits per heavy atom. The van der Waals surface area contributed by atoms with E-state index < -0.39 is 5.60 Å². The maximum absolute atomic E-state index is 12.6. The van der Waals surface area contributed by atoms with Gasteiger partial charge in [0.2, 0.25) is 0 Å². The van der Waals surface area contributed by atoms with Gasteiger partial charge in [0.05, 0.1) is 35.3 Å². The summed E-state index contributed by atoms with van der Waals surface area (Å²) in [4.78, 5) is 18.5. The number of amides is 1. The fourth-order valence-electron chi connectivity index (χ4n) is 3.90. The lowest BCUT2D eigenvalue weighted by atomic mass is 9.96. The normalized spacial score (nSPS) is 11.3. The highest BCUT2D eigenvalue weighted by Gasteiger charge is 2.27. The van der Waals surface area contributed by atoms with Crippen molar-refractivity contribution < 1.29 is 14.4 Å². The van der Waals surface area contributed by atoms with Gasteiger partial charge in [-0.1, -0.05) is 0 Å². The van der Waals surface area contributed by atoms with Crippen LogP contribution in [-0.4, -0.2) is 40.8 Å². The Balaban J connectivity index is 1.79. The monoisotopic (exact) mass is 478 g/mol. The molecule has 1 amide bonds. The van der Waals surface area contributed by atoms with Crippen LogP contribution >= 0.6 is 0 Å². The molecule has 0 radical (unpaired) electrons. The molecule has 0 atom stereocenters. The molecule has 9 nitrogen and oxygen atoms in total. The molecular formula is C26H34N6O3. The average molecular weight is 479 g/mol. The Labute approximate surface area is 206 Å². The third-order valence-electron chi connectivity index (χ3n) is 5.70. The number of nitrogens with two attached hydrogens (primary N) is 1. The van der Waals surface area contributed by atoms with Crippen LogP contribution in [-0.2, 0) is 11.3 Å². The highest BCUT2D eigenvalue weighted by Crippen LogP contribution is 2.30. The van der Waals surface area contributed by atoms with Gasteiger partial charge in [0.1, 0.15) is 17.4 Å². The van der Waals surface area contributed by atoms with Gasteiger partial charge in [0.25, 0.3) is 5.91 Å². The van der Waals surface area contributed by atoms with E-state index in [2.05, 4.69) is 22.0 Å². The zero-order chi connectivity index (χ0) is 25.4. The molecule has 0 spiro atoms. The van der Waals surface area contributed by atoms with Crippen molar-refractivity contribution in [3.05, 3.63) is 58.9 Å². The Morgan fingerprint density at radius 1 is 1.23 bits per heavy atom. The summed E-state index contributed by atoms with van der Waals surface area (Å²) in [5, 5.41) is 17.7. The van der Waals surface area contributed by atoms with Crippen LogP contribution in [0.2, 0.25) is 0 Å². The molecule has 9 heteroatoms. The molecule has 0 saturated carbocycles. The van der Waals surface area contributed by atoms with Gasteiger partial charge in [0, 0.05) is 18.5 Å². The van der Waals surface area contributed by atoms with Crippen LogP contribution in [0.15, 0.2) is 36.5 Å². The number of hydrogen-bond donors (Lipinski definition) is 3. The van der Waals surface area contributed by atoms with Crippen molar-refractivity contribution in [2.24, 2.45) is 5.73 Å². The summed E-state index contributed by atoms with van der Waals surface area (Å²) in [7, 11) is 0. The Bertz CT molecular complexity index is 1190. The average Bonchev–Trinajstić information content (AvgIpc) is 3.33. The van der Waals surface area contributed by atoms with E-state index in [0.717, 1.165) is 35.3 Å². The molecule has 0 bridgehead atoms. The molecule has 0 aliphatic carbocycles. The number of aromatic nitrogens is 2. The third-order valence-corrected chi connectivity index (χ3v) is 5.70. The van der Waals surface area contributed by atoms with Crippen molar-refractivity contribution in [1.82, 2.24) is 15.1 Å². The van der Waals surface area contributed by atoms with E-state index in [9.17, 15) is 10.1 Å². The number of rotatable bonds is 12. The number of nitriles is 1. The second-order valence-electron chi connectivity index (χ2n) is 8.91. The van der Waals surface area contributed by atoms with Crippen LogP contribution < -0.4 is 21.3 Å². The molecule has 2 heterocycles. The van der Waals surface area contributed by atoms with Gasteiger partial charge >= 0.3 is 0 Å². The van der Waals surface area contributed by atoms with E-state index in [4.69, 9.17) is 15.3 Å². The predicted molar refractivity (Wildman–Crippen MR) is 135 cm³/mol. The molecule has 0 fully saturated rings. The van der Waals surface area contributed by atoms with Gasteiger partial charge in [-0.05, 0) is 83.0 Å². The summed E-state index contributed by atoms with van der Waals surface area (Å²) in [5.41, 5.74) is 11.8. The fourth-order valence-corrected chi connectivity index (χ4v) is 3.90. The van der Waals surface area contributed by atoms with E-state index >= 15 is 0 Å². The maximum Gasteiger partial charge on any atom is 0.274 e. The minimum atomic E-state index is -0.754.